The van der Waals surface area contributed by atoms with E-state index in [2.05, 4.69) is 27.0 Å². The summed E-state index contributed by atoms with van der Waals surface area (Å²) in [5.74, 6) is 1.55. The molecule has 6 nitrogen and oxygen atoms in total. The SMILES string of the molecule is CC1CCN(c2cc(C(=O)Nc3ccccc3N3CCOCC3)ccn2)CC1. The highest BCUT2D eigenvalue weighted by molar-refractivity contribution is 6.06. The highest BCUT2D eigenvalue weighted by Crippen LogP contribution is 2.27. The van der Waals surface area contributed by atoms with Crippen LogP contribution in [0.4, 0.5) is 17.2 Å². The molecule has 1 N–H and O–H groups in total. The van der Waals surface area contributed by atoms with Gasteiger partial charge in [-0.2, -0.15) is 0 Å². The largest absolute Gasteiger partial charge is 0.378 e. The first kappa shape index (κ1) is 18.7. The second-order valence-corrected chi connectivity index (χ2v) is 7.64. The van der Waals surface area contributed by atoms with Crippen LogP contribution in [-0.4, -0.2) is 50.3 Å². The van der Waals surface area contributed by atoms with Gasteiger partial charge < -0.3 is 19.9 Å². The molecule has 0 atom stereocenters. The molecule has 28 heavy (non-hydrogen) atoms. The number of para-hydroxylation sites is 2. The van der Waals surface area contributed by atoms with Crippen LogP contribution < -0.4 is 15.1 Å². The molecule has 0 radical (unpaired) electrons. The van der Waals surface area contributed by atoms with Crippen molar-refractivity contribution < 1.29 is 9.53 Å². The van der Waals surface area contributed by atoms with Gasteiger partial charge in [-0.25, -0.2) is 4.98 Å². The Morgan fingerprint density at radius 1 is 1.07 bits per heavy atom. The highest BCUT2D eigenvalue weighted by Gasteiger charge is 2.19. The van der Waals surface area contributed by atoms with Gasteiger partial charge in [0.15, 0.2) is 0 Å². The number of morpholine rings is 1. The van der Waals surface area contributed by atoms with E-state index >= 15 is 0 Å². The van der Waals surface area contributed by atoms with Gasteiger partial charge in [-0.3, -0.25) is 4.79 Å². The van der Waals surface area contributed by atoms with Crippen molar-refractivity contribution in [1.29, 1.82) is 0 Å². The van der Waals surface area contributed by atoms with Crippen LogP contribution in [0, 0.1) is 5.92 Å². The monoisotopic (exact) mass is 380 g/mol. The zero-order valence-corrected chi connectivity index (χ0v) is 16.4. The summed E-state index contributed by atoms with van der Waals surface area (Å²) in [6.45, 7) is 7.38. The fourth-order valence-corrected chi connectivity index (χ4v) is 3.82. The molecular formula is C22H28N4O2. The minimum Gasteiger partial charge on any atom is -0.378 e. The van der Waals surface area contributed by atoms with Crippen LogP contribution >= 0.6 is 0 Å². The van der Waals surface area contributed by atoms with Crippen molar-refractivity contribution >= 4 is 23.1 Å². The van der Waals surface area contributed by atoms with Crippen LogP contribution in [0.15, 0.2) is 42.6 Å². The maximum atomic E-state index is 12.9. The van der Waals surface area contributed by atoms with E-state index in [-0.39, 0.29) is 5.91 Å². The second kappa shape index (κ2) is 8.61. The Bertz CT molecular complexity index is 812. The Labute approximate surface area is 166 Å². The van der Waals surface area contributed by atoms with E-state index in [1.807, 2.05) is 30.3 Å². The summed E-state index contributed by atoms with van der Waals surface area (Å²) < 4.78 is 5.45. The molecule has 2 aliphatic rings. The molecule has 2 fully saturated rings. The summed E-state index contributed by atoms with van der Waals surface area (Å²) >= 11 is 0. The van der Waals surface area contributed by atoms with E-state index in [4.69, 9.17) is 4.74 Å². The lowest BCUT2D eigenvalue weighted by molar-refractivity contribution is 0.102. The molecule has 2 saturated heterocycles. The first-order valence-electron chi connectivity index (χ1n) is 10.1. The van der Waals surface area contributed by atoms with E-state index in [0.29, 0.717) is 18.8 Å². The number of nitrogens with zero attached hydrogens (tertiary/aromatic N) is 3. The van der Waals surface area contributed by atoms with Gasteiger partial charge in [0.2, 0.25) is 0 Å². The van der Waals surface area contributed by atoms with Gasteiger partial charge in [0.05, 0.1) is 24.6 Å². The Hall–Kier alpha value is -2.60. The van der Waals surface area contributed by atoms with Gasteiger partial charge in [0.1, 0.15) is 5.82 Å². The smallest absolute Gasteiger partial charge is 0.255 e. The Balaban J connectivity index is 1.49. The van der Waals surface area contributed by atoms with Crippen LogP contribution in [0.3, 0.4) is 0 Å². The molecule has 1 aromatic heterocycles. The zero-order chi connectivity index (χ0) is 19.3. The van der Waals surface area contributed by atoms with Crippen molar-refractivity contribution in [3.8, 4) is 0 Å². The number of hydrogen-bond donors (Lipinski definition) is 1. The zero-order valence-electron chi connectivity index (χ0n) is 16.4. The van der Waals surface area contributed by atoms with Gasteiger partial charge in [0, 0.05) is 37.9 Å². The van der Waals surface area contributed by atoms with Crippen molar-refractivity contribution in [3.63, 3.8) is 0 Å². The van der Waals surface area contributed by atoms with Crippen molar-refractivity contribution in [3.05, 3.63) is 48.2 Å². The molecule has 0 saturated carbocycles. The molecule has 1 amide bonds. The third-order valence-electron chi connectivity index (χ3n) is 5.62. The lowest BCUT2D eigenvalue weighted by atomic mass is 9.99. The number of ether oxygens (including phenoxy) is 1. The van der Waals surface area contributed by atoms with Crippen LogP contribution in [0.1, 0.15) is 30.1 Å². The molecule has 0 aliphatic carbocycles. The van der Waals surface area contributed by atoms with Crippen molar-refractivity contribution in [2.24, 2.45) is 5.92 Å². The quantitative estimate of drug-likeness (QED) is 0.881. The van der Waals surface area contributed by atoms with E-state index in [9.17, 15) is 4.79 Å². The van der Waals surface area contributed by atoms with Gasteiger partial charge in [-0.15, -0.1) is 0 Å². The predicted octanol–water partition coefficient (Wildman–Crippen LogP) is 3.41. The molecule has 0 unspecified atom stereocenters. The minimum atomic E-state index is -0.102. The fraction of sp³-hybridized carbons (Fsp3) is 0.455. The Morgan fingerprint density at radius 3 is 2.61 bits per heavy atom. The van der Waals surface area contributed by atoms with Crippen molar-refractivity contribution in [2.75, 3.05) is 54.5 Å². The minimum absolute atomic E-state index is 0.102. The molecule has 148 valence electrons. The van der Waals surface area contributed by atoms with Crippen LogP contribution in [0.25, 0.3) is 0 Å². The molecule has 4 rings (SSSR count). The number of piperidine rings is 1. The molecule has 1 aromatic carbocycles. The Kier molecular flexibility index (Phi) is 5.76. The van der Waals surface area contributed by atoms with Crippen molar-refractivity contribution in [2.45, 2.75) is 19.8 Å². The summed E-state index contributed by atoms with van der Waals surface area (Å²) in [5.41, 5.74) is 2.51. The normalized spacial score (nSPS) is 18.2. The Morgan fingerprint density at radius 2 is 1.82 bits per heavy atom. The number of aromatic nitrogens is 1. The number of carbonyl (C=O) groups excluding carboxylic acids is 1. The summed E-state index contributed by atoms with van der Waals surface area (Å²) in [6.07, 6.45) is 4.08. The summed E-state index contributed by atoms with van der Waals surface area (Å²) in [5, 5.41) is 3.09. The molecule has 0 spiro atoms. The highest BCUT2D eigenvalue weighted by atomic mass is 16.5. The second-order valence-electron chi connectivity index (χ2n) is 7.64. The van der Waals surface area contributed by atoms with Gasteiger partial charge >= 0.3 is 0 Å². The number of carbonyl (C=O) groups is 1. The first-order valence-corrected chi connectivity index (χ1v) is 10.1. The van der Waals surface area contributed by atoms with E-state index in [0.717, 1.165) is 49.3 Å². The van der Waals surface area contributed by atoms with E-state index in [1.54, 1.807) is 12.3 Å². The number of benzene rings is 1. The molecule has 2 aliphatic heterocycles. The number of pyridine rings is 1. The van der Waals surface area contributed by atoms with Crippen LogP contribution in [0.5, 0.6) is 0 Å². The standard InChI is InChI=1S/C22H28N4O2/c1-17-7-10-26(11-8-17)21-16-18(6-9-23-21)22(27)24-19-4-2-3-5-20(19)25-12-14-28-15-13-25/h2-6,9,16-17H,7-8,10-15H2,1H3,(H,24,27). The summed E-state index contributed by atoms with van der Waals surface area (Å²) in [6, 6.07) is 11.6. The van der Waals surface area contributed by atoms with Gasteiger partial charge in [-0.05, 0) is 43.0 Å². The number of amides is 1. The third-order valence-corrected chi connectivity index (χ3v) is 5.62. The lowest BCUT2D eigenvalue weighted by Crippen LogP contribution is -2.36. The predicted molar refractivity (Wildman–Crippen MR) is 112 cm³/mol. The van der Waals surface area contributed by atoms with E-state index < -0.39 is 0 Å². The number of hydrogen-bond acceptors (Lipinski definition) is 5. The maximum absolute atomic E-state index is 12.9. The topological polar surface area (TPSA) is 57.7 Å². The van der Waals surface area contributed by atoms with Gasteiger partial charge in [0.25, 0.3) is 5.91 Å². The number of rotatable bonds is 4. The van der Waals surface area contributed by atoms with Gasteiger partial charge in [-0.1, -0.05) is 19.1 Å². The lowest BCUT2D eigenvalue weighted by Gasteiger charge is -2.31. The van der Waals surface area contributed by atoms with Crippen LogP contribution in [-0.2, 0) is 4.74 Å². The average molecular weight is 380 g/mol. The molecule has 3 heterocycles. The van der Waals surface area contributed by atoms with E-state index in [1.165, 1.54) is 12.8 Å². The average Bonchev–Trinajstić information content (AvgIpc) is 2.75. The molecule has 2 aromatic rings. The maximum Gasteiger partial charge on any atom is 0.255 e. The molecule has 6 heteroatoms. The third kappa shape index (κ3) is 4.28. The molecule has 0 bridgehead atoms. The van der Waals surface area contributed by atoms with Crippen molar-refractivity contribution in [1.82, 2.24) is 4.98 Å². The first-order chi connectivity index (χ1) is 13.7. The fourth-order valence-electron chi connectivity index (χ4n) is 3.82. The molecular weight excluding hydrogens is 352 g/mol. The summed E-state index contributed by atoms with van der Waals surface area (Å²) in [4.78, 5) is 22.0. The number of anilines is 3. The number of nitrogens with one attached hydrogen (secondary N) is 1. The van der Waals surface area contributed by atoms with Crippen LogP contribution in [0.2, 0.25) is 0 Å². The summed E-state index contributed by atoms with van der Waals surface area (Å²) in [7, 11) is 0.